The minimum atomic E-state index is -1.04. The van der Waals surface area contributed by atoms with E-state index in [2.05, 4.69) is 36.1 Å². The fraction of sp³-hybridized carbons (Fsp3) is 0.312. The summed E-state index contributed by atoms with van der Waals surface area (Å²) in [6, 6.07) is 11.6. The standard InChI is InChI=1S/C16H19NO3/c1-11-4-6-13(7-5-11)10-17(3)12(2)14-8-9-15(20-14)16(18)19/h4-9,12H,10H2,1-3H3,(H,18,19). The van der Waals surface area contributed by atoms with Crippen LogP contribution < -0.4 is 0 Å². The molecule has 4 heteroatoms. The molecule has 106 valence electrons. The molecule has 0 fully saturated rings. The third-order valence-electron chi connectivity index (χ3n) is 3.46. The predicted octanol–water partition coefficient (Wildman–Crippen LogP) is 3.48. The number of carbonyl (C=O) groups is 1. The molecule has 0 saturated heterocycles. The van der Waals surface area contributed by atoms with E-state index in [1.54, 1.807) is 6.07 Å². The zero-order valence-electron chi connectivity index (χ0n) is 12.0. The summed E-state index contributed by atoms with van der Waals surface area (Å²) in [5.41, 5.74) is 2.46. The Morgan fingerprint density at radius 3 is 2.45 bits per heavy atom. The lowest BCUT2D eigenvalue weighted by Gasteiger charge is -2.23. The van der Waals surface area contributed by atoms with Crippen LogP contribution in [-0.2, 0) is 6.54 Å². The van der Waals surface area contributed by atoms with Crippen LogP contribution in [0.25, 0.3) is 0 Å². The number of rotatable bonds is 5. The minimum absolute atomic E-state index is 0.0180. The average molecular weight is 273 g/mol. The summed E-state index contributed by atoms with van der Waals surface area (Å²) in [5, 5.41) is 8.87. The Balaban J connectivity index is 2.05. The van der Waals surface area contributed by atoms with E-state index in [1.165, 1.54) is 17.2 Å². The number of aryl methyl sites for hydroxylation is 1. The lowest BCUT2D eigenvalue weighted by atomic mass is 10.1. The van der Waals surface area contributed by atoms with E-state index in [0.29, 0.717) is 5.76 Å². The molecular weight excluding hydrogens is 254 g/mol. The first-order valence-corrected chi connectivity index (χ1v) is 6.56. The molecule has 2 rings (SSSR count). The van der Waals surface area contributed by atoms with Crippen molar-refractivity contribution in [2.75, 3.05) is 7.05 Å². The fourth-order valence-electron chi connectivity index (χ4n) is 2.03. The number of aromatic carboxylic acids is 1. The van der Waals surface area contributed by atoms with E-state index in [-0.39, 0.29) is 11.8 Å². The van der Waals surface area contributed by atoms with E-state index in [0.717, 1.165) is 6.54 Å². The van der Waals surface area contributed by atoms with E-state index < -0.39 is 5.97 Å². The van der Waals surface area contributed by atoms with Crippen molar-refractivity contribution < 1.29 is 14.3 Å². The highest BCUT2D eigenvalue weighted by atomic mass is 16.4. The van der Waals surface area contributed by atoms with Gasteiger partial charge >= 0.3 is 5.97 Å². The zero-order chi connectivity index (χ0) is 14.7. The molecule has 1 aromatic carbocycles. The first-order valence-electron chi connectivity index (χ1n) is 6.56. The van der Waals surface area contributed by atoms with Gasteiger partial charge in [0.2, 0.25) is 5.76 Å². The highest BCUT2D eigenvalue weighted by molar-refractivity contribution is 5.84. The van der Waals surface area contributed by atoms with Gasteiger partial charge in [0.1, 0.15) is 5.76 Å². The van der Waals surface area contributed by atoms with Crippen molar-refractivity contribution in [3.63, 3.8) is 0 Å². The van der Waals surface area contributed by atoms with Gasteiger partial charge in [0.15, 0.2) is 0 Å². The molecule has 0 aliphatic rings. The molecule has 0 radical (unpaired) electrons. The SMILES string of the molecule is Cc1ccc(CN(C)C(C)c2ccc(C(=O)O)o2)cc1. The Kier molecular flexibility index (Phi) is 4.25. The molecule has 0 spiro atoms. The summed E-state index contributed by atoms with van der Waals surface area (Å²) < 4.78 is 5.34. The minimum Gasteiger partial charge on any atom is -0.475 e. The third kappa shape index (κ3) is 3.27. The number of benzene rings is 1. The van der Waals surface area contributed by atoms with E-state index in [4.69, 9.17) is 9.52 Å². The quantitative estimate of drug-likeness (QED) is 0.906. The van der Waals surface area contributed by atoms with Gasteiger partial charge in [-0.05, 0) is 38.6 Å². The summed E-state index contributed by atoms with van der Waals surface area (Å²) >= 11 is 0. The molecule has 0 saturated carbocycles. The molecule has 2 aromatic rings. The normalized spacial score (nSPS) is 12.6. The second-order valence-corrected chi connectivity index (χ2v) is 5.08. The smallest absolute Gasteiger partial charge is 0.371 e. The summed E-state index contributed by atoms with van der Waals surface area (Å²) in [7, 11) is 1.99. The van der Waals surface area contributed by atoms with Crippen LogP contribution in [0.4, 0.5) is 0 Å². The number of nitrogens with zero attached hydrogens (tertiary/aromatic N) is 1. The highest BCUT2D eigenvalue weighted by Crippen LogP contribution is 2.23. The van der Waals surface area contributed by atoms with Gasteiger partial charge in [0, 0.05) is 6.54 Å². The van der Waals surface area contributed by atoms with Crippen molar-refractivity contribution in [2.45, 2.75) is 26.4 Å². The summed E-state index contributed by atoms with van der Waals surface area (Å²) in [6.45, 7) is 4.84. The zero-order valence-corrected chi connectivity index (χ0v) is 12.0. The number of hydrogen-bond acceptors (Lipinski definition) is 3. The van der Waals surface area contributed by atoms with Crippen LogP contribution in [0.1, 0.15) is 40.4 Å². The van der Waals surface area contributed by atoms with Crippen molar-refractivity contribution in [2.24, 2.45) is 0 Å². The van der Waals surface area contributed by atoms with Crippen LogP contribution in [0.2, 0.25) is 0 Å². The average Bonchev–Trinajstić information content (AvgIpc) is 2.90. The fourth-order valence-corrected chi connectivity index (χ4v) is 2.03. The molecule has 1 unspecified atom stereocenters. The number of carboxylic acid groups (broad SMARTS) is 1. The maximum Gasteiger partial charge on any atom is 0.371 e. The summed E-state index contributed by atoms with van der Waals surface area (Å²) in [6.07, 6.45) is 0. The van der Waals surface area contributed by atoms with Gasteiger partial charge in [-0.1, -0.05) is 29.8 Å². The molecule has 1 N–H and O–H groups in total. The maximum atomic E-state index is 10.8. The second-order valence-electron chi connectivity index (χ2n) is 5.08. The number of furan rings is 1. The van der Waals surface area contributed by atoms with E-state index in [9.17, 15) is 4.79 Å². The lowest BCUT2D eigenvalue weighted by molar-refractivity contribution is 0.0656. The van der Waals surface area contributed by atoms with Crippen molar-refractivity contribution in [1.29, 1.82) is 0 Å². The largest absolute Gasteiger partial charge is 0.475 e. The van der Waals surface area contributed by atoms with Gasteiger partial charge in [0.25, 0.3) is 0 Å². The Bertz CT molecular complexity index is 586. The summed E-state index contributed by atoms with van der Waals surface area (Å²) in [4.78, 5) is 12.9. The molecule has 1 atom stereocenters. The first-order chi connectivity index (χ1) is 9.47. The van der Waals surface area contributed by atoms with Crippen LogP contribution in [0.5, 0.6) is 0 Å². The highest BCUT2D eigenvalue weighted by Gasteiger charge is 2.17. The first kappa shape index (κ1) is 14.3. The van der Waals surface area contributed by atoms with E-state index >= 15 is 0 Å². The molecule has 0 bridgehead atoms. The van der Waals surface area contributed by atoms with Crippen molar-refractivity contribution in [3.05, 3.63) is 59.0 Å². The van der Waals surface area contributed by atoms with Crippen molar-refractivity contribution >= 4 is 5.97 Å². The van der Waals surface area contributed by atoms with Crippen molar-refractivity contribution in [3.8, 4) is 0 Å². The Morgan fingerprint density at radius 1 is 1.25 bits per heavy atom. The molecule has 0 amide bonds. The van der Waals surface area contributed by atoms with Crippen LogP contribution in [0.3, 0.4) is 0 Å². The number of carboxylic acids is 1. The van der Waals surface area contributed by atoms with Crippen molar-refractivity contribution in [1.82, 2.24) is 4.90 Å². The number of hydrogen-bond donors (Lipinski definition) is 1. The Hall–Kier alpha value is -2.07. The monoisotopic (exact) mass is 273 g/mol. The summed E-state index contributed by atoms with van der Waals surface area (Å²) in [5.74, 6) is -0.391. The molecule has 1 heterocycles. The second kappa shape index (κ2) is 5.92. The van der Waals surface area contributed by atoms with Gasteiger partial charge in [-0.3, -0.25) is 4.90 Å². The molecular formula is C16H19NO3. The predicted molar refractivity (Wildman–Crippen MR) is 76.7 cm³/mol. The van der Waals surface area contributed by atoms with Gasteiger partial charge in [-0.2, -0.15) is 0 Å². The van der Waals surface area contributed by atoms with Crippen LogP contribution in [0.15, 0.2) is 40.8 Å². The Labute approximate surface area is 118 Å². The van der Waals surface area contributed by atoms with Crippen LogP contribution in [0, 0.1) is 6.92 Å². The van der Waals surface area contributed by atoms with E-state index in [1.807, 2.05) is 14.0 Å². The Morgan fingerprint density at radius 2 is 1.90 bits per heavy atom. The van der Waals surface area contributed by atoms with Gasteiger partial charge in [0.05, 0.1) is 6.04 Å². The van der Waals surface area contributed by atoms with Gasteiger partial charge < -0.3 is 9.52 Å². The maximum absolute atomic E-state index is 10.8. The van der Waals surface area contributed by atoms with Gasteiger partial charge in [-0.15, -0.1) is 0 Å². The molecule has 1 aromatic heterocycles. The molecule has 0 aliphatic carbocycles. The van der Waals surface area contributed by atoms with Crippen LogP contribution >= 0.6 is 0 Å². The molecule has 4 nitrogen and oxygen atoms in total. The van der Waals surface area contributed by atoms with Gasteiger partial charge in [-0.25, -0.2) is 4.79 Å². The topological polar surface area (TPSA) is 53.7 Å². The lowest BCUT2D eigenvalue weighted by Crippen LogP contribution is -2.21. The molecule has 20 heavy (non-hydrogen) atoms. The third-order valence-corrected chi connectivity index (χ3v) is 3.46. The van der Waals surface area contributed by atoms with Crippen LogP contribution in [-0.4, -0.2) is 23.0 Å². The molecule has 0 aliphatic heterocycles.